The van der Waals surface area contributed by atoms with Crippen LogP contribution in [0.5, 0.6) is 0 Å². The molecule has 1 saturated heterocycles. The van der Waals surface area contributed by atoms with Crippen molar-refractivity contribution in [3.05, 3.63) is 89.2 Å². The van der Waals surface area contributed by atoms with E-state index in [1.54, 1.807) is 34.8 Å². The molecule has 0 unspecified atom stereocenters. The van der Waals surface area contributed by atoms with Crippen LogP contribution in [0.4, 0.5) is 0 Å². The van der Waals surface area contributed by atoms with E-state index in [2.05, 4.69) is 27.4 Å². The molecule has 0 spiro atoms. The number of nitrogens with zero attached hydrogens (tertiary/aromatic N) is 5. The van der Waals surface area contributed by atoms with E-state index in [0.29, 0.717) is 29.3 Å². The molecule has 1 aliphatic rings. The zero-order valence-corrected chi connectivity index (χ0v) is 19.5. The quantitative estimate of drug-likeness (QED) is 0.425. The molecular formula is C23H24N6O2S2. The summed E-state index contributed by atoms with van der Waals surface area (Å²) in [6.07, 6.45) is 5.28. The molecule has 10 heteroatoms. The van der Waals surface area contributed by atoms with E-state index in [-0.39, 0.29) is 5.92 Å². The minimum Gasteiger partial charge on any atom is -0.269 e. The van der Waals surface area contributed by atoms with Gasteiger partial charge in [0.05, 0.1) is 23.3 Å². The second-order valence-corrected chi connectivity index (χ2v) is 10.4. The Hall–Kier alpha value is -3.08. The molecule has 1 atom stereocenters. The van der Waals surface area contributed by atoms with Crippen LogP contribution < -0.4 is 0 Å². The molecule has 2 aromatic heterocycles. The van der Waals surface area contributed by atoms with E-state index < -0.39 is 10.0 Å². The van der Waals surface area contributed by atoms with Crippen LogP contribution in [0.3, 0.4) is 0 Å². The van der Waals surface area contributed by atoms with Crippen molar-refractivity contribution >= 4 is 22.2 Å². The maximum Gasteiger partial charge on any atom is 0.243 e. The average Bonchev–Trinajstić information content (AvgIpc) is 3.46. The van der Waals surface area contributed by atoms with Crippen LogP contribution in [0.15, 0.2) is 78.0 Å². The molecule has 0 radical (unpaired) electrons. The van der Waals surface area contributed by atoms with Gasteiger partial charge in [-0.05, 0) is 42.8 Å². The summed E-state index contributed by atoms with van der Waals surface area (Å²) in [6.45, 7) is 1.50. The Kier molecular flexibility index (Phi) is 5.96. The zero-order valence-electron chi connectivity index (χ0n) is 17.9. The molecule has 5 rings (SSSR count). The second kappa shape index (κ2) is 9.05. The minimum atomic E-state index is -3.56. The Morgan fingerprint density at radius 1 is 1.06 bits per heavy atom. The molecule has 4 aromatic rings. The predicted molar refractivity (Wildman–Crippen MR) is 127 cm³/mol. The van der Waals surface area contributed by atoms with Crippen molar-refractivity contribution in [2.24, 2.45) is 0 Å². The molecule has 0 aliphatic carbocycles. The first-order valence-electron chi connectivity index (χ1n) is 10.8. The topological polar surface area (TPSA) is 88.8 Å². The standard InChI is InChI=1S/C23H24N6O2S2/c30-33(31,21-11-5-2-6-12-21)28-13-7-10-19(16-28)22-25-26-23(32)29(22)20-14-24-27(17-20)15-18-8-3-1-4-9-18/h1-6,8-9,11-12,14,17,19H,7,10,13,15-16H2,(H,26,32)/t19-/m1/s1. The fraction of sp³-hybridized carbons (Fsp3) is 0.261. The third kappa shape index (κ3) is 4.41. The summed E-state index contributed by atoms with van der Waals surface area (Å²) in [6, 6.07) is 18.7. The first-order chi connectivity index (χ1) is 16.0. The number of hydrogen-bond donors (Lipinski definition) is 1. The molecular weight excluding hydrogens is 456 g/mol. The molecule has 1 N–H and O–H groups in total. The van der Waals surface area contributed by atoms with Crippen molar-refractivity contribution in [1.29, 1.82) is 0 Å². The van der Waals surface area contributed by atoms with Gasteiger partial charge in [-0.15, -0.1) is 0 Å². The van der Waals surface area contributed by atoms with Crippen LogP contribution in [0, 0.1) is 4.77 Å². The first-order valence-corrected chi connectivity index (χ1v) is 12.7. The monoisotopic (exact) mass is 480 g/mol. The highest BCUT2D eigenvalue weighted by Crippen LogP contribution is 2.30. The molecule has 0 amide bonds. The fourth-order valence-electron chi connectivity index (χ4n) is 4.27. The number of sulfonamides is 1. The molecule has 0 bridgehead atoms. The van der Waals surface area contributed by atoms with E-state index in [4.69, 9.17) is 12.2 Å². The van der Waals surface area contributed by atoms with E-state index in [9.17, 15) is 8.42 Å². The van der Waals surface area contributed by atoms with Crippen molar-refractivity contribution in [3.63, 3.8) is 0 Å². The van der Waals surface area contributed by atoms with Gasteiger partial charge in [0.1, 0.15) is 5.82 Å². The molecule has 8 nitrogen and oxygen atoms in total. The Balaban J connectivity index is 1.41. The van der Waals surface area contributed by atoms with Gasteiger partial charge in [-0.3, -0.25) is 14.3 Å². The minimum absolute atomic E-state index is 0.0809. The van der Waals surface area contributed by atoms with E-state index >= 15 is 0 Å². The summed E-state index contributed by atoms with van der Waals surface area (Å²) in [7, 11) is -3.56. The first kappa shape index (κ1) is 21.7. The summed E-state index contributed by atoms with van der Waals surface area (Å²) in [4.78, 5) is 0.312. The molecule has 1 fully saturated rings. The second-order valence-electron chi connectivity index (χ2n) is 8.12. The predicted octanol–water partition coefficient (Wildman–Crippen LogP) is 3.74. The highest BCUT2D eigenvalue weighted by atomic mass is 32.2. The highest BCUT2D eigenvalue weighted by Gasteiger charge is 2.33. The number of aromatic nitrogens is 5. The lowest BCUT2D eigenvalue weighted by Crippen LogP contribution is -2.39. The number of aromatic amines is 1. The van der Waals surface area contributed by atoms with Gasteiger partial charge in [-0.25, -0.2) is 8.42 Å². The third-order valence-corrected chi connectivity index (χ3v) is 8.05. The van der Waals surface area contributed by atoms with Crippen molar-refractivity contribution in [3.8, 4) is 5.69 Å². The van der Waals surface area contributed by atoms with Crippen molar-refractivity contribution in [2.75, 3.05) is 13.1 Å². The summed E-state index contributed by atoms with van der Waals surface area (Å²) >= 11 is 5.52. The van der Waals surface area contributed by atoms with E-state index in [0.717, 1.165) is 29.9 Å². The summed E-state index contributed by atoms with van der Waals surface area (Å²) in [5.74, 6) is 0.648. The van der Waals surface area contributed by atoms with Crippen LogP contribution in [0.1, 0.15) is 30.1 Å². The molecule has 33 heavy (non-hydrogen) atoms. The molecule has 0 saturated carbocycles. The number of rotatable bonds is 6. The summed E-state index contributed by atoms with van der Waals surface area (Å²) < 4.78 is 32.1. The Morgan fingerprint density at radius 3 is 2.55 bits per heavy atom. The van der Waals surface area contributed by atoms with Gasteiger partial charge in [-0.2, -0.15) is 14.5 Å². The van der Waals surface area contributed by atoms with Crippen LogP contribution in [-0.4, -0.2) is 50.4 Å². The van der Waals surface area contributed by atoms with Crippen LogP contribution in [0.2, 0.25) is 0 Å². The lowest BCUT2D eigenvalue weighted by molar-refractivity contribution is 0.307. The maximum atomic E-state index is 13.2. The van der Waals surface area contributed by atoms with Gasteiger partial charge in [0.15, 0.2) is 4.77 Å². The average molecular weight is 481 g/mol. The zero-order chi connectivity index (χ0) is 22.8. The summed E-state index contributed by atoms with van der Waals surface area (Å²) in [5, 5.41) is 11.9. The summed E-state index contributed by atoms with van der Waals surface area (Å²) in [5.41, 5.74) is 1.96. The van der Waals surface area contributed by atoms with Gasteiger partial charge in [0.25, 0.3) is 0 Å². The van der Waals surface area contributed by atoms with Crippen LogP contribution in [0.25, 0.3) is 5.69 Å². The number of piperidine rings is 1. The van der Waals surface area contributed by atoms with Gasteiger partial charge >= 0.3 is 0 Å². The van der Waals surface area contributed by atoms with Gasteiger partial charge < -0.3 is 0 Å². The molecule has 3 heterocycles. The van der Waals surface area contributed by atoms with Gasteiger partial charge in [0.2, 0.25) is 10.0 Å². The van der Waals surface area contributed by atoms with E-state index in [1.807, 2.05) is 39.7 Å². The smallest absolute Gasteiger partial charge is 0.243 e. The number of benzene rings is 2. The lowest BCUT2D eigenvalue weighted by Gasteiger charge is -2.31. The number of H-pyrrole nitrogens is 1. The SMILES string of the molecule is O=S(=O)(c1ccccc1)N1CCC[C@@H](c2n[nH]c(=S)n2-c2cnn(Cc3ccccc3)c2)C1. The maximum absolute atomic E-state index is 13.2. The lowest BCUT2D eigenvalue weighted by atomic mass is 9.99. The van der Waals surface area contributed by atoms with Gasteiger partial charge in [-0.1, -0.05) is 48.5 Å². The van der Waals surface area contributed by atoms with Crippen molar-refractivity contribution < 1.29 is 8.42 Å². The highest BCUT2D eigenvalue weighted by molar-refractivity contribution is 7.89. The van der Waals surface area contributed by atoms with E-state index in [1.165, 1.54) is 0 Å². The Morgan fingerprint density at radius 2 is 1.79 bits per heavy atom. The van der Waals surface area contributed by atoms with Gasteiger partial charge in [0, 0.05) is 25.2 Å². The fourth-order valence-corrected chi connectivity index (χ4v) is 6.06. The number of nitrogens with one attached hydrogen (secondary N) is 1. The Bertz CT molecular complexity index is 1390. The van der Waals surface area contributed by atoms with Crippen LogP contribution in [-0.2, 0) is 16.6 Å². The Labute approximate surface area is 197 Å². The number of hydrogen-bond acceptors (Lipinski definition) is 5. The molecule has 1 aliphatic heterocycles. The van der Waals surface area contributed by atoms with Crippen LogP contribution >= 0.6 is 12.2 Å². The third-order valence-electron chi connectivity index (χ3n) is 5.89. The largest absolute Gasteiger partial charge is 0.269 e. The molecule has 2 aromatic carbocycles. The molecule has 170 valence electrons. The van der Waals surface area contributed by atoms with Crippen molar-refractivity contribution in [2.45, 2.75) is 30.2 Å². The normalized spacial score (nSPS) is 17.3. The van der Waals surface area contributed by atoms with Crippen molar-refractivity contribution in [1.82, 2.24) is 28.9 Å².